The van der Waals surface area contributed by atoms with E-state index in [0.29, 0.717) is 25.2 Å². The van der Waals surface area contributed by atoms with Gasteiger partial charge in [0.25, 0.3) is 0 Å². The minimum atomic E-state index is -0.971. The highest BCUT2D eigenvalue weighted by atomic mass is 35.5. The standard InChI is InChI=1S/C7H15N3O2.ClH/c1-5(8)10-4-2-3-6(9)7(11)12;/h6H,2-4,9H2,1H3,(H2,8,10)(H,11,12);1H/t6-;/m1./s1. The lowest BCUT2D eigenvalue weighted by Crippen LogP contribution is -2.31. The molecular weight excluding hydrogens is 194 g/mol. The van der Waals surface area contributed by atoms with E-state index >= 15 is 0 Å². The molecule has 0 amide bonds. The number of hydrogen-bond acceptors (Lipinski definition) is 3. The van der Waals surface area contributed by atoms with E-state index in [1.54, 1.807) is 6.92 Å². The number of carbonyl (C=O) groups is 1. The first-order valence-electron chi connectivity index (χ1n) is 3.81. The minimum Gasteiger partial charge on any atom is -0.480 e. The molecule has 5 nitrogen and oxygen atoms in total. The number of aliphatic carboxylic acids is 1. The molecule has 0 aromatic carbocycles. The summed E-state index contributed by atoms with van der Waals surface area (Å²) in [7, 11) is 0. The first kappa shape index (κ1) is 14.7. The summed E-state index contributed by atoms with van der Waals surface area (Å²) in [5.41, 5.74) is 5.25. The molecule has 78 valence electrons. The van der Waals surface area contributed by atoms with Crippen LogP contribution in [0.1, 0.15) is 19.8 Å². The van der Waals surface area contributed by atoms with E-state index < -0.39 is 12.0 Å². The van der Waals surface area contributed by atoms with E-state index in [1.165, 1.54) is 0 Å². The first-order valence-corrected chi connectivity index (χ1v) is 3.81. The van der Waals surface area contributed by atoms with Gasteiger partial charge < -0.3 is 16.2 Å². The van der Waals surface area contributed by atoms with Crippen LogP contribution in [0.25, 0.3) is 0 Å². The number of carboxylic acids is 1. The van der Waals surface area contributed by atoms with Gasteiger partial charge >= 0.3 is 5.97 Å². The van der Waals surface area contributed by atoms with E-state index in [0.717, 1.165) is 0 Å². The summed E-state index contributed by atoms with van der Waals surface area (Å²) >= 11 is 0. The Hall–Kier alpha value is -0.810. The highest BCUT2D eigenvalue weighted by Crippen LogP contribution is 1.92. The maximum absolute atomic E-state index is 10.2. The van der Waals surface area contributed by atoms with Crippen molar-refractivity contribution in [3.8, 4) is 0 Å². The second kappa shape index (κ2) is 7.82. The van der Waals surface area contributed by atoms with Crippen LogP contribution in [0.3, 0.4) is 0 Å². The van der Waals surface area contributed by atoms with Gasteiger partial charge in [-0.15, -0.1) is 12.4 Å². The number of rotatable bonds is 5. The molecule has 0 rings (SSSR count). The summed E-state index contributed by atoms with van der Waals surface area (Å²) in [5, 5.41) is 18.2. The van der Waals surface area contributed by atoms with Gasteiger partial charge in [0.15, 0.2) is 0 Å². The molecule has 0 saturated carbocycles. The van der Waals surface area contributed by atoms with Gasteiger partial charge in [-0.25, -0.2) is 0 Å². The highest BCUT2D eigenvalue weighted by Gasteiger charge is 2.09. The van der Waals surface area contributed by atoms with Gasteiger partial charge in [-0.2, -0.15) is 0 Å². The van der Waals surface area contributed by atoms with Gasteiger partial charge in [-0.1, -0.05) is 0 Å². The average Bonchev–Trinajstić information content (AvgIpc) is 1.97. The molecule has 0 aromatic rings. The van der Waals surface area contributed by atoms with E-state index in [4.69, 9.17) is 16.2 Å². The van der Waals surface area contributed by atoms with E-state index in [9.17, 15) is 4.79 Å². The molecule has 5 N–H and O–H groups in total. The Bertz CT molecular complexity index is 175. The average molecular weight is 210 g/mol. The van der Waals surface area contributed by atoms with Crippen LogP contribution in [0, 0.1) is 5.41 Å². The van der Waals surface area contributed by atoms with Gasteiger partial charge in [0.05, 0.1) is 5.84 Å². The van der Waals surface area contributed by atoms with Gasteiger partial charge in [0, 0.05) is 6.54 Å². The molecule has 0 aliphatic carbocycles. The normalized spacial score (nSPS) is 11.2. The predicted octanol–water partition coefficient (Wildman–Crippen LogP) is 0.187. The predicted molar refractivity (Wildman–Crippen MR) is 53.5 cm³/mol. The Morgan fingerprint density at radius 1 is 1.69 bits per heavy atom. The van der Waals surface area contributed by atoms with Crippen molar-refractivity contribution in [2.75, 3.05) is 6.54 Å². The van der Waals surface area contributed by atoms with Crippen LogP contribution in [0.5, 0.6) is 0 Å². The van der Waals surface area contributed by atoms with Gasteiger partial charge in [0.2, 0.25) is 0 Å². The van der Waals surface area contributed by atoms with Crippen molar-refractivity contribution < 1.29 is 9.90 Å². The van der Waals surface area contributed by atoms with Gasteiger partial charge in [-0.05, 0) is 19.8 Å². The third-order valence-corrected chi connectivity index (χ3v) is 1.40. The number of amidine groups is 1. The summed E-state index contributed by atoms with van der Waals surface area (Å²) in [5.74, 6) is -0.583. The molecule has 0 unspecified atom stereocenters. The molecule has 13 heavy (non-hydrogen) atoms. The summed E-state index contributed by atoms with van der Waals surface area (Å²) in [6, 6.07) is -0.780. The summed E-state index contributed by atoms with van der Waals surface area (Å²) in [6.07, 6.45) is 1.11. The largest absolute Gasteiger partial charge is 0.480 e. The molecule has 1 atom stereocenters. The second-order valence-corrected chi connectivity index (χ2v) is 2.64. The number of hydrogen-bond donors (Lipinski definition) is 4. The van der Waals surface area contributed by atoms with Crippen molar-refractivity contribution >= 4 is 24.2 Å². The smallest absolute Gasteiger partial charge is 0.320 e. The third kappa shape index (κ3) is 9.10. The zero-order valence-corrected chi connectivity index (χ0v) is 8.36. The molecule has 0 fully saturated rings. The Kier molecular flexibility index (Phi) is 8.84. The maximum atomic E-state index is 10.2. The molecule has 0 aromatic heterocycles. The summed E-state index contributed by atoms with van der Waals surface area (Å²) in [6.45, 7) is 2.24. The monoisotopic (exact) mass is 209 g/mol. The van der Waals surface area contributed by atoms with Crippen molar-refractivity contribution in [1.29, 1.82) is 5.41 Å². The summed E-state index contributed by atoms with van der Waals surface area (Å²) < 4.78 is 0. The second-order valence-electron chi connectivity index (χ2n) is 2.64. The number of carboxylic acid groups (broad SMARTS) is 1. The molecule has 0 radical (unpaired) electrons. The van der Waals surface area contributed by atoms with Crippen LogP contribution >= 0.6 is 12.4 Å². The lowest BCUT2D eigenvalue weighted by atomic mass is 10.2. The molecule has 0 aliphatic rings. The first-order chi connectivity index (χ1) is 5.54. The fourth-order valence-electron chi connectivity index (χ4n) is 0.721. The van der Waals surface area contributed by atoms with Crippen LogP contribution in [0.2, 0.25) is 0 Å². The van der Waals surface area contributed by atoms with Crippen LogP contribution in [-0.2, 0) is 4.79 Å². The molecule has 0 bridgehead atoms. The zero-order chi connectivity index (χ0) is 9.56. The van der Waals surface area contributed by atoms with E-state index in [-0.39, 0.29) is 12.4 Å². The number of halogens is 1. The summed E-state index contributed by atoms with van der Waals surface area (Å²) in [4.78, 5) is 10.2. The van der Waals surface area contributed by atoms with E-state index in [2.05, 4.69) is 5.32 Å². The van der Waals surface area contributed by atoms with Crippen LogP contribution < -0.4 is 11.1 Å². The quantitative estimate of drug-likeness (QED) is 0.295. The SMILES string of the molecule is CC(=N)NCCC[C@@H](N)C(=O)O.Cl. The van der Waals surface area contributed by atoms with Crippen molar-refractivity contribution in [2.45, 2.75) is 25.8 Å². The zero-order valence-electron chi connectivity index (χ0n) is 7.54. The Balaban J connectivity index is 0. The molecule has 0 heterocycles. The highest BCUT2D eigenvalue weighted by molar-refractivity contribution is 5.85. The number of nitrogens with two attached hydrogens (primary N) is 1. The van der Waals surface area contributed by atoms with E-state index in [1.807, 2.05) is 0 Å². The molecule has 0 saturated heterocycles. The van der Waals surface area contributed by atoms with Crippen LogP contribution in [0.4, 0.5) is 0 Å². The Morgan fingerprint density at radius 3 is 2.62 bits per heavy atom. The Labute approximate surface area is 83.6 Å². The topological polar surface area (TPSA) is 99.2 Å². The van der Waals surface area contributed by atoms with Crippen molar-refractivity contribution in [3.05, 3.63) is 0 Å². The third-order valence-electron chi connectivity index (χ3n) is 1.40. The van der Waals surface area contributed by atoms with Gasteiger partial charge in [0.1, 0.15) is 6.04 Å². The molecule has 0 spiro atoms. The van der Waals surface area contributed by atoms with Crippen molar-refractivity contribution in [3.63, 3.8) is 0 Å². The molecule has 6 heteroatoms. The number of nitrogens with one attached hydrogen (secondary N) is 2. The minimum absolute atomic E-state index is 0. The lowest BCUT2D eigenvalue weighted by molar-refractivity contribution is -0.138. The molecular formula is C7H16ClN3O2. The lowest BCUT2D eigenvalue weighted by Gasteiger charge is -2.06. The fourth-order valence-corrected chi connectivity index (χ4v) is 0.721. The van der Waals surface area contributed by atoms with Crippen LogP contribution in [0.15, 0.2) is 0 Å². The Morgan fingerprint density at radius 2 is 2.23 bits per heavy atom. The van der Waals surface area contributed by atoms with Crippen LogP contribution in [-0.4, -0.2) is 29.5 Å². The molecule has 0 aliphatic heterocycles. The van der Waals surface area contributed by atoms with Gasteiger partial charge in [-0.3, -0.25) is 10.2 Å². The van der Waals surface area contributed by atoms with Crippen molar-refractivity contribution in [1.82, 2.24) is 5.32 Å². The maximum Gasteiger partial charge on any atom is 0.320 e. The fraction of sp³-hybridized carbons (Fsp3) is 0.714. The van der Waals surface area contributed by atoms with Crippen molar-refractivity contribution in [2.24, 2.45) is 5.73 Å².